The van der Waals surface area contributed by atoms with Crippen molar-refractivity contribution in [1.82, 2.24) is 9.97 Å². The highest BCUT2D eigenvalue weighted by Crippen LogP contribution is 2.35. The summed E-state index contributed by atoms with van der Waals surface area (Å²) in [7, 11) is 1.33. The maximum absolute atomic E-state index is 12.8. The van der Waals surface area contributed by atoms with E-state index in [2.05, 4.69) is 51.5 Å². The van der Waals surface area contributed by atoms with Crippen molar-refractivity contribution in [1.29, 1.82) is 0 Å². The summed E-state index contributed by atoms with van der Waals surface area (Å²) in [5.74, 6) is 0.192. The number of aromatic nitrogens is 2. The van der Waals surface area contributed by atoms with Crippen molar-refractivity contribution in [2.45, 2.75) is 91.8 Å². The van der Waals surface area contributed by atoms with Gasteiger partial charge in [-0.2, -0.15) is 26.3 Å². The van der Waals surface area contributed by atoms with E-state index in [-0.39, 0.29) is 16.9 Å². The quantitative estimate of drug-likeness (QED) is 0.106. The maximum atomic E-state index is 12.8. The van der Waals surface area contributed by atoms with Crippen LogP contribution in [0.15, 0.2) is 109 Å². The van der Waals surface area contributed by atoms with Crippen LogP contribution in [0.2, 0.25) is 0 Å². The van der Waals surface area contributed by atoms with Crippen molar-refractivity contribution in [2.75, 3.05) is 7.11 Å². The molecule has 0 saturated carbocycles. The van der Waals surface area contributed by atoms with Crippen molar-refractivity contribution >= 4 is 5.97 Å². The zero-order chi connectivity index (χ0) is 42.9. The normalized spacial score (nSPS) is 13.2. The first-order chi connectivity index (χ1) is 27.0. The van der Waals surface area contributed by atoms with Gasteiger partial charge < -0.3 is 14.6 Å². The van der Waals surface area contributed by atoms with Gasteiger partial charge in [0.05, 0.1) is 41.3 Å². The Bertz CT molecular complexity index is 2030. The van der Waals surface area contributed by atoms with E-state index in [0.717, 1.165) is 54.7 Å². The number of aliphatic hydroxyl groups excluding tert-OH is 1. The van der Waals surface area contributed by atoms with Crippen LogP contribution in [0.3, 0.4) is 0 Å². The average molecular weight is 809 g/mol. The summed E-state index contributed by atoms with van der Waals surface area (Å²) >= 11 is 0. The molecule has 2 heterocycles. The molecule has 0 aliphatic heterocycles. The van der Waals surface area contributed by atoms with Gasteiger partial charge in [0.25, 0.3) is 0 Å². The summed E-state index contributed by atoms with van der Waals surface area (Å²) in [5, 5.41) is 10.2. The van der Waals surface area contributed by atoms with Gasteiger partial charge >= 0.3 is 18.3 Å². The molecule has 3 aromatic carbocycles. The average Bonchev–Trinajstić information content (AvgIpc) is 3.17. The molecule has 0 bridgehead atoms. The third-order valence-electron chi connectivity index (χ3n) is 9.22. The van der Waals surface area contributed by atoms with Crippen molar-refractivity contribution < 1.29 is 45.7 Å². The molecule has 2 atom stereocenters. The molecule has 0 amide bonds. The van der Waals surface area contributed by atoms with E-state index in [4.69, 9.17) is 9.47 Å². The van der Waals surface area contributed by atoms with Gasteiger partial charge in [0, 0.05) is 29.1 Å². The minimum atomic E-state index is -4.37. The van der Waals surface area contributed by atoms with Gasteiger partial charge in [-0.15, -0.1) is 0 Å². The molecule has 0 aliphatic carbocycles. The molecular formula is C46H50F6N2O4. The molecule has 2 unspecified atom stereocenters. The van der Waals surface area contributed by atoms with Gasteiger partial charge in [-0.3, -0.25) is 9.97 Å². The Balaban J connectivity index is 0.000000273. The summed E-state index contributed by atoms with van der Waals surface area (Å²) in [4.78, 5) is 20.4. The Morgan fingerprint density at radius 3 is 1.41 bits per heavy atom. The molecule has 2 aromatic heterocycles. The smallest absolute Gasteiger partial charge is 0.416 e. The lowest BCUT2D eigenvalue weighted by atomic mass is 9.88. The van der Waals surface area contributed by atoms with Crippen molar-refractivity contribution in [3.63, 3.8) is 0 Å². The standard InChI is InChI=1S/C27H28F3NO3.C19H22F3NO/c1-26(2,3)16-15-24(34-22-12-7-19(8-13-22)25(32)33-4)20-9-14-23(31-17-20)18-5-10-21(11-6-18)27(28,29)30;1-18(2,3)11-10-17(24)14-6-9-16(23-12-14)13-4-7-15(8-5-13)19(20,21)22/h5-14,17,24H,15-16H2,1-4H3;4-9,12,17,24H,10-11H2,1-3H3. The van der Waals surface area contributed by atoms with E-state index in [1.165, 1.54) is 31.4 Å². The van der Waals surface area contributed by atoms with Crippen LogP contribution in [-0.4, -0.2) is 28.2 Å². The minimum absolute atomic E-state index is 0.101. The SMILES string of the molecule is CC(C)(C)CCC(O)c1ccc(-c2ccc(C(F)(F)F)cc2)nc1.COC(=O)c1ccc(OC(CCC(C)(C)C)c2ccc(-c3ccc(C(F)(F)F)cc3)nc2)cc1. The molecule has 310 valence electrons. The number of aliphatic hydroxyl groups is 1. The van der Waals surface area contributed by atoms with Crippen LogP contribution in [-0.2, 0) is 17.1 Å². The number of rotatable bonds is 11. The number of hydrogen-bond donors (Lipinski definition) is 1. The second kappa shape index (κ2) is 19.0. The lowest BCUT2D eigenvalue weighted by Crippen LogP contribution is -2.13. The number of carbonyl (C=O) groups is 1. The largest absolute Gasteiger partial charge is 0.486 e. The number of methoxy groups -OCH3 is 1. The number of carbonyl (C=O) groups excluding carboxylic acids is 1. The maximum Gasteiger partial charge on any atom is 0.416 e. The van der Waals surface area contributed by atoms with Crippen LogP contribution in [0.1, 0.15) is 112 Å². The van der Waals surface area contributed by atoms with E-state index in [1.54, 1.807) is 54.9 Å². The molecule has 0 spiro atoms. The van der Waals surface area contributed by atoms with Crippen LogP contribution < -0.4 is 4.74 Å². The van der Waals surface area contributed by atoms with Gasteiger partial charge in [-0.25, -0.2) is 4.79 Å². The summed E-state index contributed by atoms with van der Waals surface area (Å²) < 4.78 is 87.2. The Kier molecular flexibility index (Phi) is 14.9. The number of hydrogen-bond acceptors (Lipinski definition) is 6. The number of halogens is 6. The first-order valence-electron chi connectivity index (χ1n) is 18.8. The molecule has 1 N–H and O–H groups in total. The summed E-state index contributed by atoms with van der Waals surface area (Å²) in [6.45, 7) is 12.8. The predicted molar refractivity (Wildman–Crippen MR) is 213 cm³/mol. The second-order valence-corrected chi connectivity index (χ2v) is 16.4. The fourth-order valence-corrected chi connectivity index (χ4v) is 5.75. The number of nitrogens with zero attached hydrogens (tertiary/aromatic N) is 2. The lowest BCUT2D eigenvalue weighted by Gasteiger charge is -2.24. The van der Waals surface area contributed by atoms with Gasteiger partial charge in [-0.05, 0) is 103 Å². The molecule has 5 rings (SSSR count). The van der Waals surface area contributed by atoms with E-state index in [1.807, 2.05) is 6.07 Å². The van der Waals surface area contributed by atoms with Gasteiger partial charge in [0.15, 0.2) is 0 Å². The number of alkyl halides is 6. The lowest BCUT2D eigenvalue weighted by molar-refractivity contribution is -0.138. The van der Waals surface area contributed by atoms with E-state index in [9.17, 15) is 36.2 Å². The topological polar surface area (TPSA) is 81.5 Å². The minimum Gasteiger partial charge on any atom is -0.486 e. The molecule has 0 radical (unpaired) electrons. The highest BCUT2D eigenvalue weighted by Gasteiger charge is 2.31. The number of esters is 1. The van der Waals surface area contributed by atoms with Crippen molar-refractivity contribution in [3.05, 3.63) is 137 Å². The summed E-state index contributed by atoms with van der Waals surface area (Å²) in [6.07, 6.45) is -3.13. The third-order valence-corrected chi connectivity index (χ3v) is 9.22. The predicted octanol–water partition coefficient (Wildman–Crippen LogP) is 13.1. The number of ether oxygens (including phenoxy) is 2. The third kappa shape index (κ3) is 14.0. The highest BCUT2D eigenvalue weighted by molar-refractivity contribution is 5.89. The van der Waals surface area contributed by atoms with Gasteiger partial charge in [-0.1, -0.05) is 77.9 Å². The molecule has 58 heavy (non-hydrogen) atoms. The van der Waals surface area contributed by atoms with Crippen molar-refractivity contribution in [3.8, 4) is 28.3 Å². The van der Waals surface area contributed by atoms with E-state index >= 15 is 0 Å². The van der Waals surface area contributed by atoms with E-state index < -0.39 is 35.6 Å². The second-order valence-electron chi connectivity index (χ2n) is 16.4. The zero-order valence-corrected chi connectivity index (χ0v) is 33.7. The monoisotopic (exact) mass is 808 g/mol. The fourth-order valence-electron chi connectivity index (χ4n) is 5.75. The Labute approximate surface area is 336 Å². The van der Waals surface area contributed by atoms with Crippen molar-refractivity contribution in [2.24, 2.45) is 10.8 Å². The van der Waals surface area contributed by atoms with Crippen LogP contribution in [0.5, 0.6) is 5.75 Å². The number of benzene rings is 3. The van der Waals surface area contributed by atoms with Gasteiger partial charge in [0.1, 0.15) is 11.9 Å². The highest BCUT2D eigenvalue weighted by atomic mass is 19.4. The van der Waals surface area contributed by atoms with Crippen LogP contribution in [0.25, 0.3) is 22.5 Å². The first kappa shape index (κ1) is 45.5. The fraction of sp³-hybridized carbons (Fsp3) is 0.370. The Morgan fingerprint density at radius 1 is 0.603 bits per heavy atom. The first-order valence-corrected chi connectivity index (χ1v) is 18.8. The molecule has 5 aromatic rings. The molecule has 0 saturated heterocycles. The Morgan fingerprint density at radius 2 is 1.03 bits per heavy atom. The van der Waals surface area contributed by atoms with Gasteiger partial charge in [0.2, 0.25) is 0 Å². The summed E-state index contributed by atoms with van der Waals surface area (Å²) in [5.41, 5.74) is 3.25. The zero-order valence-electron chi connectivity index (χ0n) is 33.7. The number of pyridine rings is 2. The molecule has 0 fully saturated rings. The Hall–Kier alpha value is -5.23. The molecule has 12 heteroatoms. The van der Waals surface area contributed by atoms with Crippen LogP contribution >= 0.6 is 0 Å². The molecular weight excluding hydrogens is 759 g/mol. The molecule has 6 nitrogen and oxygen atoms in total. The molecule has 0 aliphatic rings. The van der Waals surface area contributed by atoms with Crippen LogP contribution in [0, 0.1) is 10.8 Å². The summed E-state index contributed by atoms with van der Waals surface area (Å²) in [6, 6.07) is 23.7. The van der Waals surface area contributed by atoms with Crippen LogP contribution in [0.4, 0.5) is 26.3 Å². The van der Waals surface area contributed by atoms with E-state index in [0.29, 0.717) is 40.2 Å².